The molecule has 1 saturated carbocycles. The monoisotopic (exact) mass is 150 g/mol. The molecule has 0 N–H and O–H groups in total. The van der Waals surface area contributed by atoms with Gasteiger partial charge in [-0.25, -0.2) is 0 Å². The van der Waals surface area contributed by atoms with Crippen molar-refractivity contribution in [3.05, 3.63) is 12.2 Å². The second-order valence-corrected chi connectivity index (χ2v) is 3.99. The fraction of sp³-hybridized carbons (Fsp3) is 0.700. The van der Waals surface area contributed by atoms with Gasteiger partial charge in [-0.15, -0.1) is 0 Å². The summed E-state index contributed by atoms with van der Waals surface area (Å²) in [6, 6.07) is 0. The first-order valence-corrected chi connectivity index (χ1v) is 4.42. The summed E-state index contributed by atoms with van der Waals surface area (Å²) in [6.45, 7) is 2.14. The number of carbonyl (C=O) groups is 1. The Kier molecular flexibility index (Phi) is 1.41. The molecule has 0 bridgehead atoms. The van der Waals surface area contributed by atoms with Crippen LogP contribution in [-0.4, -0.2) is 5.78 Å². The summed E-state index contributed by atoms with van der Waals surface area (Å²) < 4.78 is 0. The first-order valence-electron chi connectivity index (χ1n) is 4.42. The predicted molar refractivity (Wildman–Crippen MR) is 44.2 cm³/mol. The fourth-order valence-electron chi connectivity index (χ4n) is 2.38. The second kappa shape index (κ2) is 2.20. The van der Waals surface area contributed by atoms with Gasteiger partial charge in [-0.3, -0.25) is 4.79 Å². The molecule has 2 aliphatic rings. The van der Waals surface area contributed by atoms with Crippen LogP contribution in [-0.2, 0) is 4.79 Å². The van der Waals surface area contributed by atoms with Crippen LogP contribution in [0.25, 0.3) is 0 Å². The van der Waals surface area contributed by atoms with Crippen molar-refractivity contribution in [3.63, 3.8) is 0 Å². The Labute approximate surface area is 67.5 Å². The molecule has 0 aromatic rings. The summed E-state index contributed by atoms with van der Waals surface area (Å²) in [5, 5.41) is 0. The Balaban J connectivity index is 2.31. The molecule has 0 spiro atoms. The summed E-state index contributed by atoms with van der Waals surface area (Å²) in [6.07, 6.45) is 8.45. The van der Waals surface area contributed by atoms with Crippen LogP contribution in [0.3, 0.4) is 0 Å². The molecule has 0 amide bonds. The highest BCUT2D eigenvalue weighted by Gasteiger charge is 2.45. The minimum atomic E-state index is 0.0226. The third kappa shape index (κ3) is 0.867. The van der Waals surface area contributed by atoms with Crippen molar-refractivity contribution >= 4 is 5.78 Å². The highest BCUT2D eigenvalue weighted by molar-refractivity contribution is 5.87. The van der Waals surface area contributed by atoms with Gasteiger partial charge in [0.15, 0.2) is 0 Å². The molecule has 0 radical (unpaired) electrons. The lowest BCUT2D eigenvalue weighted by Crippen LogP contribution is -2.29. The van der Waals surface area contributed by atoms with Crippen molar-refractivity contribution in [2.75, 3.05) is 0 Å². The number of Topliss-reactive ketones (excluding diaryl/α,β-unsaturated/α-hetero) is 1. The summed E-state index contributed by atoms with van der Waals surface area (Å²) in [5.74, 6) is 1.15. The zero-order chi connectivity index (χ0) is 7.90. The summed E-state index contributed by atoms with van der Waals surface area (Å²) in [4.78, 5) is 11.5. The SMILES string of the molecule is C[C@]12CC=CC[C@H]1CCC2=O. The number of allylic oxidation sites excluding steroid dienone is 2. The number of hydrogen-bond acceptors (Lipinski definition) is 1. The topological polar surface area (TPSA) is 17.1 Å². The Bertz CT molecular complexity index is 217. The first kappa shape index (κ1) is 7.08. The quantitative estimate of drug-likeness (QED) is 0.484. The molecule has 1 nitrogen and oxygen atoms in total. The predicted octanol–water partition coefficient (Wildman–Crippen LogP) is 2.32. The van der Waals surface area contributed by atoms with E-state index in [1.807, 2.05) is 0 Å². The molecule has 1 fully saturated rings. The average Bonchev–Trinajstić information content (AvgIpc) is 2.29. The highest BCUT2D eigenvalue weighted by atomic mass is 16.1. The van der Waals surface area contributed by atoms with Gasteiger partial charge in [0, 0.05) is 11.8 Å². The third-order valence-electron chi connectivity index (χ3n) is 3.39. The third-order valence-corrected chi connectivity index (χ3v) is 3.39. The van der Waals surface area contributed by atoms with Gasteiger partial charge in [-0.1, -0.05) is 19.1 Å². The van der Waals surface area contributed by atoms with Crippen LogP contribution in [0.4, 0.5) is 0 Å². The minimum absolute atomic E-state index is 0.0226. The van der Waals surface area contributed by atoms with E-state index in [2.05, 4.69) is 19.1 Å². The molecule has 0 saturated heterocycles. The van der Waals surface area contributed by atoms with Crippen molar-refractivity contribution in [3.8, 4) is 0 Å². The van der Waals surface area contributed by atoms with Gasteiger partial charge < -0.3 is 0 Å². The van der Waals surface area contributed by atoms with Gasteiger partial charge in [-0.2, -0.15) is 0 Å². The molecule has 0 aromatic carbocycles. The summed E-state index contributed by atoms with van der Waals surface area (Å²) in [7, 11) is 0. The van der Waals surface area contributed by atoms with E-state index >= 15 is 0 Å². The highest BCUT2D eigenvalue weighted by Crippen LogP contribution is 2.47. The van der Waals surface area contributed by atoms with E-state index in [0.717, 1.165) is 25.7 Å². The number of carbonyl (C=O) groups excluding carboxylic acids is 1. The van der Waals surface area contributed by atoms with E-state index in [9.17, 15) is 4.79 Å². The summed E-state index contributed by atoms with van der Waals surface area (Å²) >= 11 is 0. The first-order chi connectivity index (χ1) is 5.23. The number of fused-ring (bicyclic) bond motifs is 1. The normalized spacial score (nSPS) is 42.6. The van der Waals surface area contributed by atoms with E-state index in [4.69, 9.17) is 0 Å². The molecule has 2 atom stereocenters. The second-order valence-electron chi connectivity index (χ2n) is 3.99. The molecule has 11 heavy (non-hydrogen) atoms. The van der Waals surface area contributed by atoms with Gasteiger partial charge >= 0.3 is 0 Å². The lowest BCUT2D eigenvalue weighted by Gasteiger charge is -2.31. The van der Waals surface area contributed by atoms with Gasteiger partial charge in [0.05, 0.1) is 0 Å². The van der Waals surface area contributed by atoms with Crippen molar-refractivity contribution in [2.45, 2.75) is 32.6 Å². The van der Waals surface area contributed by atoms with Gasteiger partial charge in [0.25, 0.3) is 0 Å². The zero-order valence-corrected chi connectivity index (χ0v) is 6.97. The molecule has 2 rings (SSSR count). The molecule has 0 heterocycles. The number of ketones is 1. The molecular weight excluding hydrogens is 136 g/mol. The molecule has 0 aromatic heterocycles. The lowest BCUT2D eigenvalue weighted by molar-refractivity contribution is -0.126. The fourth-order valence-corrected chi connectivity index (χ4v) is 2.38. The van der Waals surface area contributed by atoms with Gasteiger partial charge in [0.2, 0.25) is 0 Å². The van der Waals surface area contributed by atoms with Crippen LogP contribution in [0.15, 0.2) is 12.2 Å². The zero-order valence-electron chi connectivity index (χ0n) is 6.97. The Morgan fingerprint density at radius 3 is 3.09 bits per heavy atom. The van der Waals surface area contributed by atoms with Crippen LogP contribution >= 0.6 is 0 Å². The molecule has 2 aliphatic carbocycles. The van der Waals surface area contributed by atoms with Gasteiger partial charge in [-0.05, 0) is 25.2 Å². The Morgan fingerprint density at radius 2 is 2.36 bits per heavy atom. The number of hydrogen-bond donors (Lipinski definition) is 0. The van der Waals surface area contributed by atoms with Crippen LogP contribution < -0.4 is 0 Å². The van der Waals surface area contributed by atoms with Gasteiger partial charge in [0.1, 0.15) is 5.78 Å². The van der Waals surface area contributed by atoms with E-state index in [0.29, 0.717) is 11.7 Å². The Hall–Kier alpha value is -0.590. The largest absolute Gasteiger partial charge is 0.299 e. The molecule has 60 valence electrons. The van der Waals surface area contributed by atoms with Crippen LogP contribution in [0, 0.1) is 11.3 Å². The molecule has 1 heteroatoms. The van der Waals surface area contributed by atoms with Crippen molar-refractivity contribution in [1.82, 2.24) is 0 Å². The van der Waals surface area contributed by atoms with Crippen LogP contribution in [0.2, 0.25) is 0 Å². The van der Waals surface area contributed by atoms with Crippen molar-refractivity contribution in [2.24, 2.45) is 11.3 Å². The standard InChI is InChI=1S/C10H14O/c1-10-7-3-2-4-8(10)5-6-9(10)11/h2-3,8H,4-7H2,1H3/t8-,10-/m0/s1. The lowest BCUT2D eigenvalue weighted by atomic mass is 9.72. The van der Waals surface area contributed by atoms with Crippen molar-refractivity contribution in [1.29, 1.82) is 0 Å². The minimum Gasteiger partial charge on any atom is -0.299 e. The average molecular weight is 150 g/mol. The maximum atomic E-state index is 11.5. The van der Waals surface area contributed by atoms with Crippen molar-refractivity contribution < 1.29 is 4.79 Å². The smallest absolute Gasteiger partial charge is 0.139 e. The maximum absolute atomic E-state index is 11.5. The van der Waals surface area contributed by atoms with Crippen LogP contribution in [0.1, 0.15) is 32.6 Å². The molecule has 0 unspecified atom stereocenters. The summed E-state index contributed by atoms with van der Waals surface area (Å²) in [5.41, 5.74) is 0.0226. The van der Waals surface area contributed by atoms with E-state index in [1.54, 1.807) is 0 Å². The maximum Gasteiger partial charge on any atom is 0.139 e. The number of rotatable bonds is 0. The molecular formula is C10H14O. The van der Waals surface area contributed by atoms with E-state index in [1.165, 1.54) is 0 Å². The van der Waals surface area contributed by atoms with Crippen LogP contribution in [0.5, 0.6) is 0 Å². The molecule has 0 aliphatic heterocycles. The van der Waals surface area contributed by atoms with E-state index < -0.39 is 0 Å². The van der Waals surface area contributed by atoms with E-state index in [-0.39, 0.29) is 5.41 Å². The Morgan fingerprint density at radius 1 is 1.55 bits per heavy atom.